The van der Waals surface area contributed by atoms with Crippen molar-refractivity contribution in [3.63, 3.8) is 0 Å². The standard InChI is InChI=1S/C17H11Cl2FN2O/c1-10-4-2-6-14(19)16(10)22-17(23)11(9-21)8-12-13(18)5-3-7-15(12)20/h2-8H,1H3,(H,22,23)/b11-8+. The van der Waals surface area contributed by atoms with Crippen molar-refractivity contribution in [2.24, 2.45) is 0 Å². The summed E-state index contributed by atoms with van der Waals surface area (Å²) < 4.78 is 13.8. The molecule has 0 unspecified atom stereocenters. The molecule has 0 aliphatic rings. The molecule has 1 amide bonds. The maximum Gasteiger partial charge on any atom is 0.266 e. The van der Waals surface area contributed by atoms with Gasteiger partial charge < -0.3 is 5.32 Å². The van der Waals surface area contributed by atoms with Crippen LogP contribution in [0.2, 0.25) is 10.0 Å². The number of nitrogens with one attached hydrogen (secondary N) is 1. The van der Waals surface area contributed by atoms with Crippen LogP contribution in [-0.4, -0.2) is 5.91 Å². The van der Waals surface area contributed by atoms with Crippen LogP contribution in [0, 0.1) is 24.1 Å². The zero-order chi connectivity index (χ0) is 17.0. The van der Waals surface area contributed by atoms with Crippen LogP contribution < -0.4 is 5.32 Å². The molecule has 0 bridgehead atoms. The maximum absolute atomic E-state index is 13.8. The van der Waals surface area contributed by atoms with E-state index in [0.29, 0.717) is 10.7 Å². The number of hydrogen-bond donors (Lipinski definition) is 1. The number of aryl methyl sites for hydroxylation is 1. The highest BCUT2D eigenvalue weighted by molar-refractivity contribution is 6.34. The Morgan fingerprint density at radius 2 is 1.87 bits per heavy atom. The van der Waals surface area contributed by atoms with Crippen LogP contribution in [-0.2, 0) is 4.79 Å². The fourth-order valence-electron chi connectivity index (χ4n) is 1.91. The Bertz CT molecular complexity index is 800. The first-order valence-electron chi connectivity index (χ1n) is 6.56. The summed E-state index contributed by atoms with van der Waals surface area (Å²) >= 11 is 11.9. The molecule has 0 spiro atoms. The van der Waals surface area contributed by atoms with Crippen LogP contribution in [0.25, 0.3) is 6.08 Å². The number of para-hydroxylation sites is 1. The van der Waals surface area contributed by atoms with Gasteiger partial charge in [-0.1, -0.05) is 41.4 Å². The van der Waals surface area contributed by atoms with Gasteiger partial charge in [0, 0.05) is 5.56 Å². The number of nitrogens with zero attached hydrogens (tertiary/aromatic N) is 1. The molecule has 0 radical (unpaired) electrons. The molecule has 0 saturated heterocycles. The van der Waals surface area contributed by atoms with E-state index < -0.39 is 11.7 Å². The van der Waals surface area contributed by atoms with Gasteiger partial charge in [-0.2, -0.15) is 5.26 Å². The van der Waals surface area contributed by atoms with Gasteiger partial charge in [-0.3, -0.25) is 4.79 Å². The lowest BCUT2D eigenvalue weighted by molar-refractivity contribution is -0.112. The van der Waals surface area contributed by atoms with Gasteiger partial charge in [0.15, 0.2) is 0 Å². The molecule has 0 fully saturated rings. The molecule has 0 saturated carbocycles. The van der Waals surface area contributed by atoms with E-state index in [2.05, 4.69) is 5.32 Å². The Hall–Kier alpha value is -2.35. The molecular formula is C17H11Cl2FN2O. The van der Waals surface area contributed by atoms with Crippen molar-refractivity contribution < 1.29 is 9.18 Å². The first-order valence-corrected chi connectivity index (χ1v) is 7.32. The molecule has 2 rings (SSSR count). The normalized spacial score (nSPS) is 11.0. The van der Waals surface area contributed by atoms with Crippen LogP contribution in [0.5, 0.6) is 0 Å². The lowest BCUT2D eigenvalue weighted by Gasteiger charge is -2.10. The molecule has 116 valence electrons. The molecular weight excluding hydrogens is 338 g/mol. The number of benzene rings is 2. The molecule has 0 aromatic heterocycles. The first kappa shape index (κ1) is 17.0. The lowest BCUT2D eigenvalue weighted by atomic mass is 10.1. The fraction of sp³-hybridized carbons (Fsp3) is 0.0588. The summed E-state index contributed by atoms with van der Waals surface area (Å²) in [6.07, 6.45) is 1.11. The first-order chi connectivity index (χ1) is 10.9. The Balaban J connectivity index is 2.37. The maximum atomic E-state index is 13.8. The van der Waals surface area contributed by atoms with E-state index in [1.807, 2.05) is 0 Å². The predicted molar refractivity (Wildman–Crippen MR) is 89.8 cm³/mol. The van der Waals surface area contributed by atoms with Gasteiger partial charge in [0.1, 0.15) is 17.5 Å². The zero-order valence-electron chi connectivity index (χ0n) is 12.0. The smallest absolute Gasteiger partial charge is 0.266 e. The molecule has 0 atom stereocenters. The third-order valence-electron chi connectivity index (χ3n) is 3.11. The molecule has 2 aromatic carbocycles. The van der Waals surface area contributed by atoms with E-state index >= 15 is 0 Å². The minimum Gasteiger partial charge on any atom is -0.320 e. The van der Waals surface area contributed by atoms with Gasteiger partial charge in [-0.15, -0.1) is 0 Å². The summed E-state index contributed by atoms with van der Waals surface area (Å²) in [5.74, 6) is -1.31. The summed E-state index contributed by atoms with van der Waals surface area (Å²) in [4.78, 5) is 12.2. The SMILES string of the molecule is Cc1cccc(Cl)c1NC(=O)/C(C#N)=C/c1c(F)cccc1Cl. The second-order valence-corrected chi connectivity index (χ2v) is 5.51. The number of nitriles is 1. The average Bonchev–Trinajstić information content (AvgIpc) is 2.51. The highest BCUT2D eigenvalue weighted by Crippen LogP contribution is 2.26. The monoisotopic (exact) mass is 348 g/mol. The Labute approximate surface area is 142 Å². The van der Waals surface area contributed by atoms with Crippen LogP contribution in [0.15, 0.2) is 42.0 Å². The van der Waals surface area contributed by atoms with Gasteiger partial charge >= 0.3 is 0 Å². The van der Waals surface area contributed by atoms with Crippen molar-refractivity contribution in [3.8, 4) is 6.07 Å². The number of carbonyl (C=O) groups excluding carboxylic acids is 1. The lowest BCUT2D eigenvalue weighted by Crippen LogP contribution is -2.14. The number of carbonyl (C=O) groups is 1. The Kier molecular flexibility index (Phi) is 5.38. The molecule has 0 aliphatic heterocycles. The van der Waals surface area contributed by atoms with E-state index in [9.17, 15) is 14.4 Å². The van der Waals surface area contributed by atoms with E-state index in [-0.39, 0.29) is 16.2 Å². The largest absolute Gasteiger partial charge is 0.320 e. The van der Waals surface area contributed by atoms with Crippen molar-refractivity contribution in [2.75, 3.05) is 5.32 Å². The average molecular weight is 349 g/mol. The highest BCUT2D eigenvalue weighted by Gasteiger charge is 2.15. The summed E-state index contributed by atoms with van der Waals surface area (Å²) in [6, 6.07) is 11.0. The molecule has 1 N–H and O–H groups in total. The van der Waals surface area contributed by atoms with E-state index in [0.717, 1.165) is 11.6 Å². The van der Waals surface area contributed by atoms with Gasteiger partial charge in [0.05, 0.1) is 15.7 Å². The van der Waals surface area contributed by atoms with Gasteiger partial charge in [-0.05, 0) is 36.8 Å². The predicted octanol–water partition coefficient (Wildman–Crippen LogP) is 4.99. The van der Waals surface area contributed by atoms with Crippen LogP contribution in [0.4, 0.5) is 10.1 Å². The quantitative estimate of drug-likeness (QED) is 0.627. The van der Waals surface area contributed by atoms with E-state index in [4.69, 9.17) is 23.2 Å². The number of halogens is 3. The van der Waals surface area contributed by atoms with E-state index in [1.54, 1.807) is 31.2 Å². The van der Waals surface area contributed by atoms with Crippen molar-refractivity contribution in [2.45, 2.75) is 6.92 Å². The second-order valence-electron chi connectivity index (χ2n) is 4.69. The molecule has 3 nitrogen and oxygen atoms in total. The number of amides is 1. The summed E-state index contributed by atoms with van der Waals surface area (Å²) in [7, 11) is 0. The van der Waals surface area contributed by atoms with Crippen molar-refractivity contribution in [1.82, 2.24) is 0 Å². The van der Waals surface area contributed by atoms with Crippen molar-refractivity contribution in [1.29, 1.82) is 5.26 Å². The van der Waals surface area contributed by atoms with Crippen LogP contribution >= 0.6 is 23.2 Å². The van der Waals surface area contributed by atoms with Crippen LogP contribution in [0.3, 0.4) is 0 Å². The van der Waals surface area contributed by atoms with Crippen molar-refractivity contribution >= 4 is 40.9 Å². The Morgan fingerprint density at radius 3 is 2.48 bits per heavy atom. The highest BCUT2D eigenvalue weighted by atomic mass is 35.5. The third kappa shape index (κ3) is 3.89. The van der Waals surface area contributed by atoms with Gasteiger partial charge in [0.25, 0.3) is 5.91 Å². The van der Waals surface area contributed by atoms with Crippen LogP contribution in [0.1, 0.15) is 11.1 Å². The summed E-state index contributed by atoms with van der Waals surface area (Å²) in [5.41, 5.74) is 0.847. The zero-order valence-corrected chi connectivity index (χ0v) is 13.5. The minimum atomic E-state index is -0.692. The second kappa shape index (κ2) is 7.28. The topological polar surface area (TPSA) is 52.9 Å². The Morgan fingerprint density at radius 1 is 1.22 bits per heavy atom. The van der Waals surface area contributed by atoms with Crippen molar-refractivity contribution in [3.05, 3.63) is 69.0 Å². The fourth-order valence-corrected chi connectivity index (χ4v) is 2.40. The summed E-state index contributed by atoms with van der Waals surface area (Å²) in [6.45, 7) is 1.77. The summed E-state index contributed by atoms with van der Waals surface area (Å²) in [5, 5.41) is 12.2. The van der Waals surface area contributed by atoms with Gasteiger partial charge in [-0.25, -0.2) is 4.39 Å². The molecule has 23 heavy (non-hydrogen) atoms. The molecule has 6 heteroatoms. The molecule has 0 heterocycles. The third-order valence-corrected chi connectivity index (χ3v) is 3.76. The molecule has 0 aliphatic carbocycles. The number of rotatable bonds is 3. The number of anilines is 1. The van der Waals surface area contributed by atoms with E-state index in [1.165, 1.54) is 18.2 Å². The minimum absolute atomic E-state index is 0.0169. The number of hydrogen-bond acceptors (Lipinski definition) is 2. The molecule has 2 aromatic rings. The van der Waals surface area contributed by atoms with Gasteiger partial charge in [0.2, 0.25) is 0 Å².